The number of nitrogens with one attached hydrogen (secondary N) is 1. The van der Waals surface area contributed by atoms with Gasteiger partial charge in [0.25, 0.3) is 5.91 Å². The molecule has 28 heavy (non-hydrogen) atoms. The molecule has 2 atom stereocenters. The largest absolute Gasteiger partial charge is 0.436 e. The number of hydrogen-bond donors (Lipinski definition) is 1. The van der Waals surface area contributed by atoms with Gasteiger partial charge in [-0.1, -0.05) is 30.3 Å². The first-order valence-corrected chi connectivity index (χ1v) is 9.41. The Morgan fingerprint density at radius 3 is 2.32 bits per heavy atom. The van der Waals surface area contributed by atoms with Gasteiger partial charge in [0.15, 0.2) is 11.7 Å². The van der Waals surface area contributed by atoms with Crippen molar-refractivity contribution >= 4 is 17.6 Å². The minimum Gasteiger partial charge on any atom is -0.436 e. The molecule has 1 saturated heterocycles. The second-order valence-corrected chi connectivity index (χ2v) is 7.46. The normalized spacial score (nSPS) is 19.1. The molecule has 148 valence electrons. The van der Waals surface area contributed by atoms with Crippen molar-refractivity contribution < 1.29 is 18.8 Å². The topological polar surface area (TPSA) is 92.5 Å². The van der Waals surface area contributed by atoms with Crippen LogP contribution < -0.4 is 5.32 Å². The highest BCUT2D eigenvalue weighted by atomic mass is 16.4. The average molecular weight is 383 g/mol. The van der Waals surface area contributed by atoms with Crippen molar-refractivity contribution in [2.24, 2.45) is 11.8 Å². The molecule has 0 unspecified atom stereocenters. The highest BCUT2D eigenvalue weighted by molar-refractivity contribution is 6.02. The summed E-state index contributed by atoms with van der Waals surface area (Å²) >= 11 is 0. The van der Waals surface area contributed by atoms with Gasteiger partial charge < -0.3 is 14.6 Å². The second kappa shape index (κ2) is 7.96. The summed E-state index contributed by atoms with van der Waals surface area (Å²) in [6, 6.07) is 8.81. The SMILES string of the molecule is Cc1nc(C)c(C(=O)N2C[C@@H](C(=O)NC(C)C)[C@H](C(=O)c3ccccc3)C2)o1. The van der Waals surface area contributed by atoms with Gasteiger partial charge in [0.1, 0.15) is 0 Å². The van der Waals surface area contributed by atoms with Gasteiger partial charge in [0.05, 0.1) is 17.5 Å². The van der Waals surface area contributed by atoms with Crippen LogP contribution in [0.1, 0.15) is 46.3 Å². The summed E-state index contributed by atoms with van der Waals surface area (Å²) in [7, 11) is 0. The molecule has 0 bridgehead atoms. The minimum atomic E-state index is -0.608. The first kappa shape index (κ1) is 19.8. The number of nitrogens with zero attached hydrogens (tertiary/aromatic N) is 2. The van der Waals surface area contributed by atoms with Gasteiger partial charge in [-0.05, 0) is 20.8 Å². The van der Waals surface area contributed by atoms with Crippen LogP contribution in [0.3, 0.4) is 0 Å². The van der Waals surface area contributed by atoms with Gasteiger partial charge >= 0.3 is 0 Å². The molecule has 2 aromatic rings. The van der Waals surface area contributed by atoms with Crippen LogP contribution in [0.25, 0.3) is 0 Å². The summed E-state index contributed by atoms with van der Waals surface area (Å²) in [5.74, 6) is -1.34. The van der Waals surface area contributed by atoms with Gasteiger partial charge in [-0.15, -0.1) is 0 Å². The van der Waals surface area contributed by atoms with Crippen LogP contribution in [0.5, 0.6) is 0 Å². The molecular weight excluding hydrogens is 358 g/mol. The predicted octanol–water partition coefficient (Wildman–Crippen LogP) is 2.39. The lowest BCUT2D eigenvalue weighted by molar-refractivity contribution is -0.125. The fourth-order valence-corrected chi connectivity index (χ4v) is 3.58. The number of carbonyl (C=O) groups is 3. The number of rotatable bonds is 5. The van der Waals surface area contributed by atoms with E-state index in [1.54, 1.807) is 38.1 Å². The average Bonchev–Trinajstić information content (AvgIpc) is 3.24. The number of aromatic nitrogens is 1. The van der Waals surface area contributed by atoms with Gasteiger partial charge in [0.2, 0.25) is 11.7 Å². The number of aryl methyl sites for hydroxylation is 2. The maximum Gasteiger partial charge on any atom is 0.291 e. The van der Waals surface area contributed by atoms with Crippen LogP contribution in [-0.2, 0) is 4.79 Å². The van der Waals surface area contributed by atoms with E-state index < -0.39 is 11.8 Å². The molecule has 7 heteroatoms. The summed E-state index contributed by atoms with van der Waals surface area (Å²) in [5, 5.41) is 2.87. The molecule has 0 saturated carbocycles. The molecule has 7 nitrogen and oxygen atoms in total. The van der Waals surface area contributed by atoms with Crippen LogP contribution >= 0.6 is 0 Å². The van der Waals surface area contributed by atoms with Crippen LogP contribution in [0, 0.1) is 25.7 Å². The van der Waals surface area contributed by atoms with Gasteiger partial charge in [-0.3, -0.25) is 14.4 Å². The van der Waals surface area contributed by atoms with Gasteiger partial charge in [0, 0.05) is 31.6 Å². The van der Waals surface area contributed by atoms with E-state index in [0.29, 0.717) is 17.1 Å². The highest BCUT2D eigenvalue weighted by Gasteiger charge is 2.44. The third-order valence-electron chi connectivity index (χ3n) is 4.87. The molecule has 1 aromatic carbocycles. The Morgan fingerprint density at radius 2 is 1.75 bits per heavy atom. The number of hydrogen-bond acceptors (Lipinski definition) is 5. The van der Waals surface area contributed by atoms with Crippen molar-refractivity contribution in [3.05, 3.63) is 53.2 Å². The maximum atomic E-state index is 13.1. The Hall–Kier alpha value is -2.96. The number of carbonyl (C=O) groups excluding carboxylic acids is 3. The van der Waals surface area contributed by atoms with Crippen molar-refractivity contribution in [1.29, 1.82) is 0 Å². The quantitative estimate of drug-likeness (QED) is 0.801. The molecule has 2 heterocycles. The third-order valence-corrected chi connectivity index (χ3v) is 4.87. The third kappa shape index (κ3) is 3.98. The van der Waals surface area contributed by atoms with Crippen molar-refractivity contribution in [1.82, 2.24) is 15.2 Å². The van der Waals surface area contributed by atoms with Gasteiger partial charge in [-0.2, -0.15) is 0 Å². The molecule has 1 fully saturated rings. The predicted molar refractivity (Wildman–Crippen MR) is 103 cm³/mol. The van der Waals surface area contributed by atoms with Crippen molar-refractivity contribution in [3.8, 4) is 0 Å². The molecular formula is C21H25N3O4. The molecule has 0 radical (unpaired) electrons. The summed E-state index contributed by atoms with van der Waals surface area (Å²) in [6.07, 6.45) is 0. The fraction of sp³-hybridized carbons (Fsp3) is 0.429. The number of Topliss-reactive ketones (excluding diaryl/α,β-unsaturated/α-hetero) is 1. The Kier molecular flexibility index (Phi) is 5.63. The van der Waals surface area contributed by atoms with E-state index in [9.17, 15) is 14.4 Å². The number of ketones is 1. The standard InChI is InChI=1S/C21H25N3O4/c1-12(2)22-20(26)17-11-24(21(27)19-13(3)23-14(4)28-19)10-16(17)18(25)15-8-6-5-7-9-15/h5-9,12,16-17H,10-11H2,1-4H3,(H,22,26)/t16-,17-/m1/s1. The van der Waals surface area contributed by atoms with E-state index in [1.165, 1.54) is 4.90 Å². The van der Waals surface area contributed by atoms with E-state index in [1.807, 2.05) is 19.9 Å². The van der Waals surface area contributed by atoms with Gasteiger partial charge in [-0.25, -0.2) is 4.98 Å². The molecule has 1 aromatic heterocycles. The lowest BCUT2D eigenvalue weighted by Gasteiger charge is -2.18. The van der Waals surface area contributed by atoms with E-state index in [2.05, 4.69) is 10.3 Å². The van der Waals surface area contributed by atoms with Crippen molar-refractivity contribution in [2.75, 3.05) is 13.1 Å². The first-order chi connectivity index (χ1) is 13.3. The number of benzene rings is 1. The first-order valence-electron chi connectivity index (χ1n) is 9.41. The van der Waals surface area contributed by atoms with Crippen LogP contribution in [0.15, 0.2) is 34.7 Å². The van der Waals surface area contributed by atoms with Crippen LogP contribution in [0.4, 0.5) is 0 Å². The Bertz CT molecular complexity index is 888. The summed E-state index contributed by atoms with van der Waals surface area (Å²) in [5.41, 5.74) is 1.04. The van der Waals surface area contributed by atoms with E-state index in [-0.39, 0.29) is 42.5 Å². The molecule has 3 rings (SSSR count). The second-order valence-electron chi connectivity index (χ2n) is 7.46. The van der Waals surface area contributed by atoms with Crippen molar-refractivity contribution in [3.63, 3.8) is 0 Å². The Labute approximate surface area is 164 Å². The lowest BCUT2D eigenvalue weighted by Crippen LogP contribution is -2.40. The Morgan fingerprint density at radius 1 is 1.11 bits per heavy atom. The fourth-order valence-electron chi connectivity index (χ4n) is 3.58. The summed E-state index contributed by atoms with van der Waals surface area (Å²) < 4.78 is 5.44. The maximum absolute atomic E-state index is 13.1. The molecule has 1 N–H and O–H groups in total. The zero-order valence-corrected chi connectivity index (χ0v) is 16.6. The van der Waals surface area contributed by atoms with Crippen LogP contribution in [-0.4, -0.2) is 46.6 Å². The monoisotopic (exact) mass is 383 g/mol. The molecule has 1 aliphatic rings. The van der Waals surface area contributed by atoms with Crippen molar-refractivity contribution in [2.45, 2.75) is 33.7 Å². The summed E-state index contributed by atoms with van der Waals surface area (Å²) in [6.45, 7) is 7.44. The zero-order chi connectivity index (χ0) is 20.4. The molecule has 0 aliphatic carbocycles. The zero-order valence-electron chi connectivity index (χ0n) is 16.6. The number of oxazole rings is 1. The Balaban J connectivity index is 1.88. The smallest absolute Gasteiger partial charge is 0.291 e. The number of likely N-dealkylation sites (tertiary alicyclic amines) is 1. The highest BCUT2D eigenvalue weighted by Crippen LogP contribution is 2.29. The van der Waals surface area contributed by atoms with E-state index in [0.717, 1.165) is 0 Å². The lowest BCUT2D eigenvalue weighted by atomic mass is 9.87. The van der Waals surface area contributed by atoms with E-state index >= 15 is 0 Å². The van der Waals surface area contributed by atoms with Crippen LogP contribution in [0.2, 0.25) is 0 Å². The minimum absolute atomic E-state index is 0.0519. The molecule has 0 spiro atoms. The summed E-state index contributed by atoms with van der Waals surface area (Å²) in [4.78, 5) is 44.4. The molecule has 2 amide bonds. The number of amides is 2. The molecule has 1 aliphatic heterocycles. The van der Waals surface area contributed by atoms with E-state index in [4.69, 9.17) is 4.42 Å².